The lowest BCUT2D eigenvalue weighted by Gasteiger charge is -2.05. The quantitative estimate of drug-likeness (QED) is 0.699. The summed E-state index contributed by atoms with van der Waals surface area (Å²) in [6.07, 6.45) is 4.20. The van der Waals surface area contributed by atoms with E-state index < -0.39 is 12.0 Å². The monoisotopic (exact) mass is 315 g/mol. The highest BCUT2D eigenvalue weighted by molar-refractivity contribution is 5.88. The van der Waals surface area contributed by atoms with Gasteiger partial charge in [-0.3, -0.25) is 0 Å². The molecule has 2 aromatic heterocycles. The smallest absolute Gasteiger partial charge is 0.335 e. The van der Waals surface area contributed by atoms with Crippen LogP contribution in [0.5, 0.6) is 0 Å². The van der Waals surface area contributed by atoms with Crippen molar-refractivity contribution in [3.63, 3.8) is 0 Å². The van der Waals surface area contributed by atoms with Gasteiger partial charge < -0.3 is 10.4 Å². The molecule has 0 spiro atoms. The molecular formula is C14H12FN6O2+. The second kappa shape index (κ2) is 5.79. The number of halogens is 1. The SMILES string of the molecule is C[n+]1ccn(-c2nc(F)nc(Nc3ccc(C(=O)O)cc3)n2)c1. The number of anilines is 2. The number of nitrogens with one attached hydrogen (secondary N) is 1. The predicted molar refractivity (Wildman–Crippen MR) is 77.0 cm³/mol. The van der Waals surface area contributed by atoms with Crippen LogP contribution in [0.1, 0.15) is 10.4 Å². The number of carbonyl (C=O) groups is 1. The lowest BCUT2D eigenvalue weighted by Crippen LogP contribution is -2.23. The molecule has 9 heteroatoms. The maximum absolute atomic E-state index is 13.6. The lowest BCUT2D eigenvalue weighted by molar-refractivity contribution is -0.670. The first-order valence-electron chi connectivity index (χ1n) is 6.57. The van der Waals surface area contributed by atoms with Crippen LogP contribution in [0, 0.1) is 6.08 Å². The van der Waals surface area contributed by atoms with Gasteiger partial charge in [-0.05, 0) is 24.3 Å². The van der Waals surface area contributed by atoms with Gasteiger partial charge in [-0.2, -0.15) is 18.9 Å². The highest BCUT2D eigenvalue weighted by atomic mass is 19.1. The van der Waals surface area contributed by atoms with Gasteiger partial charge in [-0.1, -0.05) is 0 Å². The fourth-order valence-corrected chi connectivity index (χ4v) is 1.90. The van der Waals surface area contributed by atoms with Crippen molar-refractivity contribution in [3.8, 4) is 5.95 Å². The summed E-state index contributed by atoms with van der Waals surface area (Å²) in [5.74, 6) is -0.875. The van der Waals surface area contributed by atoms with Gasteiger partial charge in [0.2, 0.25) is 5.95 Å². The number of carboxylic acids is 1. The molecule has 0 aliphatic carbocycles. The number of hydrogen-bond acceptors (Lipinski definition) is 5. The van der Waals surface area contributed by atoms with E-state index in [4.69, 9.17) is 5.11 Å². The number of aryl methyl sites for hydroxylation is 1. The first kappa shape index (κ1) is 14.6. The molecule has 23 heavy (non-hydrogen) atoms. The topological polar surface area (TPSA) is 96.8 Å². The average Bonchev–Trinajstić information content (AvgIpc) is 2.94. The van der Waals surface area contributed by atoms with Crippen LogP contribution >= 0.6 is 0 Å². The maximum Gasteiger partial charge on any atom is 0.335 e. The highest BCUT2D eigenvalue weighted by Crippen LogP contribution is 2.15. The Morgan fingerprint density at radius 2 is 2.00 bits per heavy atom. The van der Waals surface area contributed by atoms with E-state index in [0.29, 0.717) is 5.69 Å². The Bertz CT molecular complexity index is 862. The second-order valence-electron chi connectivity index (χ2n) is 4.72. The molecule has 0 aliphatic heterocycles. The fourth-order valence-electron chi connectivity index (χ4n) is 1.90. The molecule has 3 rings (SSSR count). The van der Waals surface area contributed by atoms with Crippen LogP contribution in [0.2, 0.25) is 0 Å². The number of imidazole rings is 1. The molecule has 0 fully saturated rings. The number of aromatic nitrogens is 5. The third-order valence-corrected chi connectivity index (χ3v) is 2.98. The van der Waals surface area contributed by atoms with E-state index in [1.54, 1.807) is 40.0 Å². The van der Waals surface area contributed by atoms with E-state index >= 15 is 0 Å². The molecule has 3 aromatic rings. The van der Waals surface area contributed by atoms with E-state index in [-0.39, 0.29) is 17.5 Å². The summed E-state index contributed by atoms with van der Waals surface area (Å²) in [6, 6.07) is 5.94. The summed E-state index contributed by atoms with van der Waals surface area (Å²) in [6.45, 7) is 0. The zero-order valence-corrected chi connectivity index (χ0v) is 12.0. The largest absolute Gasteiger partial charge is 0.478 e. The third-order valence-electron chi connectivity index (χ3n) is 2.98. The Kier molecular flexibility index (Phi) is 3.67. The standard InChI is InChI=1S/C14H11FN6O2/c1-20-6-7-21(8-20)14-18-12(15)17-13(19-14)16-10-4-2-9(3-5-10)11(22)23/h2-8H,1H3,(H-,16,17,18,19,22,23)/p+1. The van der Waals surface area contributed by atoms with E-state index in [1.165, 1.54) is 12.1 Å². The molecule has 0 aliphatic rings. The molecule has 0 amide bonds. The van der Waals surface area contributed by atoms with Crippen LogP contribution in [0.4, 0.5) is 16.0 Å². The Morgan fingerprint density at radius 1 is 1.26 bits per heavy atom. The molecule has 2 N–H and O–H groups in total. The minimum atomic E-state index is -1.02. The number of nitrogens with zero attached hydrogens (tertiary/aromatic N) is 5. The van der Waals surface area contributed by atoms with E-state index in [2.05, 4.69) is 20.3 Å². The van der Waals surface area contributed by atoms with Crippen molar-refractivity contribution in [3.05, 3.63) is 54.6 Å². The minimum Gasteiger partial charge on any atom is -0.478 e. The highest BCUT2D eigenvalue weighted by Gasteiger charge is 2.13. The Hall–Kier alpha value is -3.36. The summed E-state index contributed by atoms with van der Waals surface area (Å²) in [7, 11) is 1.82. The van der Waals surface area contributed by atoms with Crippen molar-refractivity contribution in [1.82, 2.24) is 19.5 Å². The zero-order chi connectivity index (χ0) is 16.4. The third kappa shape index (κ3) is 3.28. The zero-order valence-electron chi connectivity index (χ0n) is 12.0. The molecule has 2 heterocycles. The van der Waals surface area contributed by atoms with Gasteiger partial charge in [0.1, 0.15) is 12.4 Å². The van der Waals surface area contributed by atoms with E-state index in [0.717, 1.165) is 0 Å². The van der Waals surface area contributed by atoms with Crippen molar-refractivity contribution in [2.24, 2.45) is 7.05 Å². The van der Waals surface area contributed by atoms with Crippen LogP contribution in [-0.4, -0.2) is 30.6 Å². The first-order valence-corrected chi connectivity index (χ1v) is 6.57. The Balaban J connectivity index is 1.88. The number of aromatic carboxylic acids is 1. The lowest BCUT2D eigenvalue weighted by atomic mass is 10.2. The molecule has 0 bridgehead atoms. The molecule has 0 saturated carbocycles. The van der Waals surface area contributed by atoms with Gasteiger partial charge in [0, 0.05) is 5.69 Å². The van der Waals surface area contributed by atoms with Crippen molar-refractivity contribution >= 4 is 17.6 Å². The molecule has 0 radical (unpaired) electrons. The van der Waals surface area contributed by atoms with Gasteiger partial charge in [-0.15, -0.1) is 4.98 Å². The molecule has 0 saturated heterocycles. The van der Waals surface area contributed by atoms with Gasteiger partial charge >= 0.3 is 18.0 Å². The Morgan fingerprint density at radius 3 is 2.61 bits per heavy atom. The van der Waals surface area contributed by atoms with E-state index in [9.17, 15) is 9.18 Å². The van der Waals surface area contributed by atoms with Gasteiger partial charge in [-0.25, -0.2) is 9.36 Å². The van der Waals surface area contributed by atoms with Crippen molar-refractivity contribution in [1.29, 1.82) is 0 Å². The van der Waals surface area contributed by atoms with Crippen molar-refractivity contribution < 1.29 is 18.9 Å². The normalized spacial score (nSPS) is 10.5. The van der Waals surface area contributed by atoms with Crippen LogP contribution < -0.4 is 9.88 Å². The van der Waals surface area contributed by atoms with Gasteiger partial charge in [0.25, 0.3) is 6.33 Å². The molecule has 116 valence electrons. The summed E-state index contributed by atoms with van der Waals surface area (Å²) in [4.78, 5) is 22.2. The number of carboxylic acid groups (broad SMARTS) is 1. The predicted octanol–water partition coefficient (Wildman–Crippen LogP) is 1.07. The molecule has 0 atom stereocenters. The minimum absolute atomic E-state index is 0.0203. The molecule has 8 nitrogen and oxygen atoms in total. The molecule has 1 aromatic carbocycles. The molecule has 0 unspecified atom stereocenters. The van der Waals surface area contributed by atoms with Crippen molar-refractivity contribution in [2.75, 3.05) is 5.32 Å². The van der Waals surface area contributed by atoms with Crippen molar-refractivity contribution in [2.45, 2.75) is 0 Å². The maximum atomic E-state index is 13.6. The summed E-state index contributed by atoms with van der Waals surface area (Å²) in [5, 5.41) is 11.7. The number of hydrogen-bond donors (Lipinski definition) is 2. The van der Waals surface area contributed by atoms with Crippen LogP contribution in [0.3, 0.4) is 0 Å². The average molecular weight is 315 g/mol. The Labute approximate surface area is 129 Å². The van der Waals surface area contributed by atoms with Crippen LogP contribution in [0.15, 0.2) is 43.0 Å². The fraction of sp³-hybridized carbons (Fsp3) is 0.0714. The number of benzene rings is 1. The van der Waals surface area contributed by atoms with Crippen LogP contribution in [-0.2, 0) is 7.05 Å². The second-order valence-corrected chi connectivity index (χ2v) is 4.72. The summed E-state index contributed by atoms with van der Waals surface area (Å²) >= 11 is 0. The summed E-state index contributed by atoms with van der Waals surface area (Å²) < 4.78 is 16.9. The van der Waals surface area contributed by atoms with E-state index in [1.807, 2.05) is 7.05 Å². The summed E-state index contributed by atoms with van der Waals surface area (Å²) in [5.41, 5.74) is 0.683. The van der Waals surface area contributed by atoms with Crippen LogP contribution in [0.25, 0.3) is 5.95 Å². The molecular weight excluding hydrogens is 303 g/mol. The van der Waals surface area contributed by atoms with Gasteiger partial charge in [0.05, 0.1) is 12.6 Å². The number of rotatable bonds is 4. The van der Waals surface area contributed by atoms with Gasteiger partial charge in [0.15, 0.2) is 0 Å². The first-order chi connectivity index (χ1) is 11.0.